The molecule has 0 aliphatic rings. The lowest BCUT2D eigenvalue weighted by molar-refractivity contribution is 0.0938. The topological polar surface area (TPSA) is 101 Å². The average molecular weight is 337 g/mol. The molecule has 3 rings (SSSR count). The highest BCUT2D eigenvalue weighted by Crippen LogP contribution is 2.22. The second-order valence-electron chi connectivity index (χ2n) is 5.59. The van der Waals surface area contributed by atoms with Crippen LogP contribution in [-0.2, 0) is 0 Å². The number of amides is 1. The molecule has 0 saturated carbocycles. The number of hydrogen-bond donors (Lipinski definition) is 3. The monoisotopic (exact) mass is 337 g/mol. The number of oxazole rings is 1. The van der Waals surface area contributed by atoms with E-state index in [2.05, 4.69) is 10.3 Å². The number of hydrogen-bond acceptors (Lipinski definition) is 5. The van der Waals surface area contributed by atoms with Gasteiger partial charge in [0.15, 0.2) is 5.69 Å². The molecular formula is C19H19N3O3. The molecule has 3 aromatic rings. The van der Waals surface area contributed by atoms with Crippen molar-refractivity contribution < 1.29 is 14.3 Å². The summed E-state index contributed by atoms with van der Waals surface area (Å²) in [5.74, 6) is -0.249. The molecule has 25 heavy (non-hydrogen) atoms. The van der Waals surface area contributed by atoms with E-state index in [1.165, 1.54) is 6.26 Å². The van der Waals surface area contributed by atoms with Crippen LogP contribution >= 0.6 is 0 Å². The Balaban J connectivity index is 1.85. The molecule has 0 saturated heterocycles. The van der Waals surface area contributed by atoms with Crippen LogP contribution in [0.4, 0.5) is 0 Å². The van der Waals surface area contributed by atoms with E-state index in [1.807, 2.05) is 60.7 Å². The zero-order chi connectivity index (χ0) is 17.6. The van der Waals surface area contributed by atoms with Crippen LogP contribution < -0.4 is 11.1 Å². The third-order valence-corrected chi connectivity index (χ3v) is 3.81. The van der Waals surface area contributed by atoms with Crippen LogP contribution in [-0.4, -0.2) is 22.6 Å². The minimum atomic E-state index is -0.749. The maximum atomic E-state index is 12.6. The fourth-order valence-electron chi connectivity index (χ4n) is 2.50. The van der Waals surface area contributed by atoms with Crippen molar-refractivity contribution in [3.05, 3.63) is 89.6 Å². The van der Waals surface area contributed by atoms with Crippen molar-refractivity contribution in [2.45, 2.75) is 12.1 Å². The van der Waals surface area contributed by atoms with Gasteiger partial charge in [0, 0.05) is 0 Å². The molecule has 1 aromatic heterocycles. The van der Waals surface area contributed by atoms with Crippen LogP contribution in [0.1, 0.15) is 39.6 Å². The number of aromatic nitrogens is 1. The largest absolute Gasteiger partial charge is 0.446 e. The van der Waals surface area contributed by atoms with Gasteiger partial charge in [-0.3, -0.25) is 4.79 Å². The minimum absolute atomic E-state index is 0.121. The third kappa shape index (κ3) is 3.93. The number of carbonyl (C=O) groups is 1. The number of rotatable bonds is 6. The van der Waals surface area contributed by atoms with E-state index in [0.717, 1.165) is 11.1 Å². The summed E-state index contributed by atoms with van der Waals surface area (Å²) in [4.78, 5) is 16.6. The van der Waals surface area contributed by atoms with E-state index < -0.39 is 6.04 Å². The molecule has 6 nitrogen and oxygen atoms in total. The first-order valence-corrected chi connectivity index (χ1v) is 7.91. The van der Waals surface area contributed by atoms with Crippen LogP contribution in [0.15, 0.2) is 71.3 Å². The lowest BCUT2D eigenvalue weighted by Gasteiger charge is -2.19. The molecule has 0 spiro atoms. The second-order valence-corrected chi connectivity index (χ2v) is 5.59. The molecule has 1 atom stereocenters. The summed E-state index contributed by atoms with van der Waals surface area (Å²) in [6, 6.07) is 18.3. The van der Waals surface area contributed by atoms with Crippen LogP contribution in [0, 0.1) is 0 Å². The van der Waals surface area contributed by atoms with Crippen molar-refractivity contribution in [2.75, 3.05) is 6.61 Å². The van der Waals surface area contributed by atoms with Crippen molar-refractivity contribution >= 4 is 5.91 Å². The molecule has 0 aliphatic carbocycles. The molecule has 0 aliphatic heterocycles. The van der Waals surface area contributed by atoms with E-state index in [0.29, 0.717) is 0 Å². The quantitative estimate of drug-likeness (QED) is 0.640. The lowest BCUT2D eigenvalue weighted by Crippen LogP contribution is -2.29. The predicted octanol–water partition coefficient (Wildman–Crippen LogP) is 2.19. The van der Waals surface area contributed by atoms with E-state index in [4.69, 9.17) is 15.3 Å². The number of nitrogens with two attached hydrogens (primary N) is 1. The summed E-state index contributed by atoms with van der Waals surface area (Å²) in [7, 11) is 0. The molecule has 2 aromatic carbocycles. The van der Waals surface area contributed by atoms with Gasteiger partial charge in [0.25, 0.3) is 5.91 Å². The Labute approximate surface area is 145 Å². The summed E-state index contributed by atoms with van der Waals surface area (Å²) >= 11 is 0. The second kappa shape index (κ2) is 7.74. The first-order valence-electron chi connectivity index (χ1n) is 7.91. The molecule has 128 valence electrons. The Bertz CT molecular complexity index is 779. The molecular weight excluding hydrogens is 318 g/mol. The maximum absolute atomic E-state index is 12.6. The number of aliphatic hydroxyl groups is 1. The fourth-order valence-corrected chi connectivity index (χ4v) is 2.50. The highest BCUT2D eigenvalue weighted by Gasteiger charge is 2.21. The number of carbonyl (C=O) groups excluding carboxylic acids is 1. The molecule has 4 N–H and O–H groups in total. The molecule has 0 bridgehead atoms. The number of aliphatic hydroxyl groups excluding tert-OH is 1. The van der Waals surface area contributed by atoms with Gasteiger partial charge in [0.1, 0.15) is 12.3 Å². The standard InChI is InChI=1S/C19H19N3O3/c20-15(11-23)19-21-16(12-25-19)18(24)22-17(13-7-3-1-4-8-13)14-9-5-2-6-10-14/h1-10,12,15,17,23H,11,20H2,(H,22,24). The van der Waals surface area contributed by atoms with Gasteiger partial charge in [-0.15, -0.1) is 0 Å². The number of benzene rings is 2. The molecule has 1 unspecified atom stereocenters. The van der Waals surface area contributed by atoms with Gasteiger partial charge in [-0.25, -0.2) is 4.98 Å². The molecule has 1 heterocycles. The zero-order valence-electron chi connectivity index (χ0n) is 13.5. The van der Waals surface area contributed by atoms with Crippen molar-refractivity contribution in [2.24, 2.45) is 5.73 Å². The van der Waals surface area contributed by atoms with Gasteiger partial charge in [-0.1, -0.05) is 60.7 Å². The van der Waals surface area contributed by atoms with Crippen LogP contribution in [0.2, 0.25) is 0 Å². The Morgan fingerprint density at radius 1 is 1.08 bits per heavy atom. The molecule has 6 heteroatoms. The summed E-state index contributed by atoms with van der Waals surface area (Å²) in [5, 5.41) is 12.0. The van der Waals surface area contributed by atoms with Crippen molar-refractivity contribution in [3.8, 4) is 0 Å². The highest BCUT2D eigenvalue weighted by atomic mass is 16.3. The van der Waals surface area contributed by atoms with Gasteiger partial charge >= 0.3 is 0 Å². The third-order valence-electron chi connectivity index (χ3n) is 3.81. The first kappa shape index (κ1) is 16.9. The smallest absolute Gasteiger partial charge is 0.273 e. The molecule has 0 radical (unpaired) electrons. The van der Waals surface area contributed by atoms with Gasteiger partial charge in [-0.05, 0) is 11.1 Å². The Kier molecular flexibility index (Phi) is 5.23. The van der Waals surface area contributed by atoms with Gasteiger partial charge in [0.2, 0.25) is 5.89 Å². The van der Waals surface area contributed by atoms with Crippen molar-refractivity contribution in [3.63, 3.8) is 0 Å². The first-order chi connectivity index (χ1) is 12.2. The lowest BCUT2D eigenvalue weighted by atomic mass is 9.98. The fraction of sp³-hybridized carbons (Fsp3) is 0.158. The molecule has 1 amide bonds. The highest BCUT2D eigenvalue weighted by molar-refractivity contribution is 5.92. The van der Waals surface area contributed by atoms with E-state index in [-0.39, 0.29) is 30.1 Å². The Morgan fingerprint density at radius 3 is 2.16 bits per heavy atom. The Morgan fingerprint density at radius 2 is 1.64 bits per heavy atom. The SMILES string of the molecule is NC(CO)c1nc(C(=O)NC(c2ccccc2)c2ccccc2)co1. The maximum Gasteiger partial charge on any atom is 0.273 e. The summed E-state index contributed by atoms with van der Waals surface area (Å²) < 4.78 is 5.17. The predicted molar refractivity (Wildman–Crippen MR) is 92.7 cm³/mol. The summed E-state index contributed by atoms with van der Waals surface area (Å²) in [6.45, 7) is -0.307. The normalized spacial score (nSPS) is 12.1. The Hall–Kier alpha value is -2.96. The minimum Gasteiger partial charge on any atom is -0.446 e. The van der Waals surface area contributed by atoms with E-state index in [9.17, 15) is 4.79 Å². The van der Waals surface area contributed by atoms with Gasteiger partial charge in [0.05, 0.1) is 12.6 Å². The number of nitrogens with zero attached hydrogens (tertiary/aromatic N) is 1. The van der Waals surface area contributed by atoms with Crippen molar-refractivity contribution in [1.82, 2.24) is 10.3 Å². The van der Waals surface area contributed by atoms with Crippen LogP contribution in [0.3, 0.4) is 0 Å². The summed E-state index contributed by atoms with van der Waals surface area (Å²) in [5.41, 5.74) is 7.69. The van der Waals surface area contributed by atoms with Crippen LogP contribution in [0.5, 0.6) is 0 Å². The molecule has 0 fully saturated rings. The average Bonchev–Trinajstić information content (AvgIpc) is 3.17. The zero-order valence-corrected chi connectivity index (χ0v) is 13.5. The summed E-state index contributed by atoms with van der Waals surface area (Å²) in [6.07, 6.45) is 1.24. The van der Waals surface area contributed by atoms with E-state index in [1.54, 1.807) is 0 Å². The van der Waals surface area contributed by atoms with Gasteiger partial charge < -0.3 is 20.6 Å². The van der Waals surface area contributed by atoms with Crippen LogP contribution in [0.25, 0.3) is 0 Å². The van der Waals surface area contributed by atoms with E-state index >= 15 is 0 Å². The van der Waals surface area contributed by atoms with Crippen molar-refractivity contribution in [1.29, 1.82) is 0 Å². The van der Waals surface area contributed by atoms with Gasteiger partial charge in [-0.2, -0.15) is 0 Å². The number of nitrogens with one attached hydrogen (secondary N) is 1.